The van der Waals surface area contributed by atoms with Gasteiger partial charge in [-0.05, 0) is 59.4 Å². The minimum atomic E-state index is -0.350. The number of aromatic nitrogens is 1. The van der Waals surface area contributed by atoms with E-state index in [-0.39, 0.29) is 17.4 Å². The third-order valence-corrected chi connectivity index (χ3v) is 8.14. The highest BCUT2D eigenvalue weighted by molar-refractivity contribution is 7.07. The van der Waals surface area contributed by atoms with Crippen LogP contribution in [0.2, 0.25) is 10.0 Å². The first-order chi connectivity index (χ1) is 16.5. The van der Waals surface area contributed by atoms with Crippen LogP contribution in [0.5, 0.6) is 0 Å². The predicted molar refractivity (Wildman–Crippen MR) is 136 cm³/mol. The van der Waals surface area contributed by atoms with Crippen LogP contribution in [0.3, 0.4) is 0 Å². The number of allylic oxidation sites excluding steroid dienone is 1. The lowest BCUT2D eigenvalue weighted by Gasteiger charge is -2.30. The first-order valence-electron chi connectivity index (χ1n) is 10.8. The van der Waals surface area contributed by atoms with Crippen molar-refractivity contribution in [2.75, 3.05) is 0 Å². The molecule has 0 radical (unpaired) electrons. The number of nitrogens with zero attached hydrogens (tertiary/aromatic N) is 2. The van der Waals surface area contributed by atoms with Crippen molar-refractivity contribution < 1.29 is 4.39 Å². The molecule has 0 amide bonds. The smallest absolute Gasteiger partial charge is 0.271 e. The standard InChI is InChI=1S/C27H17Cl2FN2OS/c28-21-7-3-5-17(23(21)29)14-22-26(33)32-25(16-8-11-18(30)12-9-16)20-13-10-15-4-1-2-6-19(15)24(20)31-27(32)34-22/h1-9,11-12,14,25H,10,13H2/b22-14+/t25-/m0/s1. The summed E-state index contributed by atoms with van der Waals surface area (Å²) in [4.78, 5) is 19.3. The summed E-state index contributed by atoms with van der Waals surface area (Å²) in [6.45, 7) is 0. The van der Waals surface area contributed by atoms with Crippen molar-refractivity contribution in [1.29, 1.82) is 0 Å². The molecule has 1 aromatic heterocycles. The first-order valence-corrected chi connectivity index (χ1v) is 12.4. The molecule has 3 nitrogen and oxygen atoms in total. The Morgan fingerprint density at radius 3 is 2.62 bits per heavy atom. The van der Waals surface area contributed by atoms with E-state index in [9.17, 15) is 9.18 Å². The van der Waals surface area contributed by atoms with Gasteiger partial charge in [-0.15, -0.1) is 0 Å². The fourth-order valence-electron chi connectivity index (χ4n) is 4.74. The summed E-state index contributed by atoms with van der Waals surface area (Å²) in [6, 6.07) is 19.6. The predicted octanol–water partition coefficient (Wildman–Crippen LogP) is 5.76. The summed E-state index contributed by atoms with van der Waals surface area (Å²) in [5.74, 6) is -0.310. The zero-order valence-corrected chi connectivity index (χ0v) is 20.1. The molecule has 1 atom stereocenters. The maximum atomic E-state index is 13.8. The molecule has 0 spiro atoms. The van der Waals surface area contributed by atoms with E-state index in [0.29, 0.717) is 24.9 Å². The average molecular weight is 507 g/mol. The Labute approximate surface area is 208 Å². The Morgan fingerprint density at radius 1 is 1.00 bits per heavy atom. The molecular formula is C27H17Cl2FN2OS. The summed E-state index contributed by atoms with van der Waals surface area (Å²) in [5.41, 5.74) is 5.69. The fourth-order valence-corrected chi connectivity index (χ4v) is 6.09. The summed E-state index contributed by atoms with van der Waals surface area (Å²) < 4.78 is 16.0. The van der Waals surface area contributed by atoms with Gasteiger partial charge in [0.15, 0.2) is 4.80 Å². The fraction of sp³-hybridized carbons (Fsp3) is 0.111. The van der Waals surface area contributed by atoms with Crippen LogP contribution in [0, 0.1) is 5.82 Å². The van der Waals surface area contributed by atoms with Gasteiger partial charge in [0.2, 0.25) is 0 Å². The molecule has 0 unspecified atom stereocenters. The molecule has 6 rings (SSSR count). The first kappa shape index (κ1) is 21.5. The average Bonchev–Trinajstić information content (AvgIpc) is 3.16. The third kappa shape index (κ3) is 3.47. The van der Waals surface area contributed by atoms with Gasteiger partial charge in [-0.3, -0.25) is 9.36 Å². The zero-order chi connectivity index (χ0) is 23.4. The Bertz CT molecular complexity index is 1670. The molecule has 2 heterocycles. The Kier molecular flexibility index (Phi) is 5.29. The maximum Gasteiger partial charge on any atom is 0.271 e. The third-order valence-electron chi connectivity index (χ3n) is 6.33. The minimum Gasteiger partial charge on any atom is -0.272 e. The zero-order valence-electron chi connectivity index (χ0n) is 17.8. The topological polar surface area (TPSA) is 34.4 Å². The number of halogens is 3. The van der Waals surface area contributed by atoms with Crippen LogP contribution in [-0.4, -0.2) is 4.57 Å². The van der Waals surface area contributed by atoms with E-state index in [2.05, 4.69) is 12.1 Å². The van der Waals surface area contributed by atoms with E-state index in [4.69, 9.17) is 28.2 Å². The number of fused-ring (bicyclic) bond motifs is 3. The van der Waals surface area contributed by atoms with Crippen molar-refractivity contribution in [2.24, 2.45) is 4.99 Å². The van der Waals surface area contributed by atoms with Gasteiger partial charge in [0, 0.05) is 5.56 Å². The van der Waals surface area contributed by atoms with E-state index < -0.39 is 0 Å². The van der Waals surface area contributed by atoms with E-state index in [1.54, 1.807) is 34.9 Å². The van der Waals surface area contributed by atoms with Crippen molar-refractivity contribution >= 4 is 46.3 Å². The van der Waals surface area contributed by atoms with E-state index in [1.165, 1.54) is 29.0 Å². The monoisotopic (exact) mass is 506 g/mol. The van der Waals surface area contributed by atoms with Crippen LogP contribution in [0.1, 0.15) is 34.7 Å². The molecule has 3 aromatic carbocycles. The van der Waals surface area contributed by atoms with Gasteiger partial charge in [-0.25, -0.2) is 9.38 Å². The summed E-state index contributed by atoms with van der Waals surface area (Å²) in [5, 5.41) is 0.831. The molecule has 0 N–H and O–H groups in total. The van der Waals surface area contributed by atoms with Crippen molar-refractivity contribution in [3.63, 3.8) is 0 Å². The SMILES string of the molecule is O=c1/c(=C\c2cccc(Cl)c2Cl)sc2n1[C@@H](c1ccc(F)cc1)C1=C(N=2)c2ccccc2CC1. The summed E-state index contributed by atoms with van der Waals surface area (Å²) >= 11 is 13.9. The molecule has 4 aromatic rings. The van der Waals surface area contributed by atoms with Gasteiger partial charge in [-0.1, -0.05) is 83.1 Å². The minimum absolute atomic E-state index is 0.153. The van der Waals surface area contributed by atoms with Crippen molar-refractivity contribution in [3.05, 3.63) is 130 Å². The molecule has 168 valence electrons. The Morgan fingerprint density at radius 2 is 1.79 bits per heavy atom. The van der Waals surface area contributed by atoms with Gasteiger partial charge in [0.05, 0.1) is 26.3 Å². The molecule has 1 aliphatic heterocycles. The summed E-state index contributed by atoms with van der Waals surface area (Å²) in [7, 11) is 0. The van der Waals surface area contributed by atoms with Crippen LogP contribution in [0.25, 0.3) is 11.8 Å². The molecule has 34 heavy (non-hydrogen) atoms. The maximum absolute atomic E-state index is 13.8. The number of hydrogen-bond acceptors (Lipinski definition) is 3. The molecule has 7 heteroatoms. The quantitative estimate of drug-likeness (QED) is 0.340. The van der Waals surface area contributed by atoms with Crippen LogP contribution in [0.15, 0.2) is 82.1 Å². The molecule has 2 aliphatic rings. The van der Waals surface area contributed by atoms with Gasteiger partial charge in [0.1, 0.15) is 5.82 Å². The second-order valence-corrected chi connectivity index (χ2v) is 10.1. The number of rotatable bonds is 2. The second kappa shape index (κ2) is 8.35. The lowest BCUT2D eigenvalue weighted by molar-refractivity contribution is 0.581. The van der Waals surface area contributed by atoms with Gasteiger partial charge < -0.3 is 0 Å². The van der Waals surface area contributed by atoms with Gasteiger partial charge in [-0.2, -0.15) is 0 Å². The van der Waals surface area contributed by atoms with E-state index in [0.717, 1.165) is 35.2 Å². The molecule has 0 fully saturated rings. The number of aryl methyl sites for hydroxylation is 1. The molecule has 1 aliphatic carbocycles. The number of thiazole rings is 1. The molecular weight excluding hydrogens is 490 g/mol. The Balaban J connectivity index is 1.64. The molecule has 0 saturated carbocycles. The van der Waals surface area contributed by atoms with Gasteiger partial charge in [0.25, 0.3) is 5.56 Å². The van der Waals surface area contributed by atoms with Crippen LogP contribution in [0.4, 0.5) is 4.39 Å². The van der Waals surface area contributed by atoms with E-state index >= 15 is 0 Å². The van der Waals surface area contributed by atoms with Crippen LogP contribution in [-0.2, 0) is 6.42 Å². The number of benzene rings is 3. The lowest BCUT2D eigenvalue weighted by atomic mass is 9.83. The largest absolute Gasteiger partial charge is 0.272 e. The van der Waals surface area contributed by atoms with Crippen molar-refractivity contribution in [2.45, 2.75) is 18.9 Å². The molecule has 0 bridgehead atoms. The van der Waals surface area contributed by atoms with Gasteiger partial charge >= 0.3 is 0 Å². The second-order valence-electron chi connectivity index (χ2n) is 8.31. The summed E-state index contributed by atoms with van der Waals surface area (Å²) in [6.07, 6.45) is 3.41. The van der Waals surface area contributed by atoms with Crippen molar-refractivity contribution in [1.82, 2.24) is 4.57 Å². The van der Waals surface area contributed by atoms with E-state index in [1.807, 2.05) is 18.2 Å². The highest BCUT2D eigenvalue weighted by Gasteiger charge is 2.32. The normalized spacial score (nSPS) is 17.1. The van der Waals surface area contributed by atoms with Crippen LogP contribution < -0.4 is 14.9 Å². The highest BCUT2D eigenvalue weighted by Crippen LogP contribution is 2.41. The highest BCUT2D eigenvalue weighted by atomic mass is 35.5. The van der Waals surface area contributed by atoms with Crippen molar-refractivity contribution in [3.8, 4) is 0 Å². The lowest BCUT2D eigenvalue weighted by Crippen LogP contribution is -2.38. The van der Waals surface area contributed by atoms with Crippen LogP contribution >= 0.6 is 34.5 Å². The number of hydrogen-bond donors (Lipinski definition) is 0. The Hall–Kier alpha value is -2.99. The molecule has 0 saturated heterocycles.